The van der Waals surface area contributed by atoms with E-state index in [-0.39, 0.29) is 5.75 Å². The number of sulfonamides is 1. The van der Waals surface area contributed by atoms with Crippen LogP contribution in [-0.4, -0.2) is 50.5 Å². The number of alkyl halides is 3. The summed E-state index contributed by atoms with van der Waals surface area (Å²) >= 11 is 0. The van der Waals surface area contributed by atoms with Crippen LogP contribution in [0.4, 0.5) is 13.2 Å². The van der Waals surface area contributed by atoms with E-state index in [0.29, 0.717) is 19.4 Å². The van der Waals surface area contributed by atoms with Gasteiger partial charge in [0.05, 0.1) is 0 Å². The summed E-state index contributed by atoms with van der Waals surface area (Å²) in [7, 11) is -2.42. The second-order valence-electron chi connectivity index (χ2n) is 6.48. The van der Waals surface area contributed by atoms with Crippen molar-refractivity contribution in [1.29, 1.82) is 0 Å². The van der Waals surface area contributed by atoms with E-state index in [1.54, 1.807) is 4.90 Å². The van der Waals surface area contributed by atoms with Crippen molar-refractivity contribution in [2.24, 2.45) is 0 Å². The number of ether oxygens (including phenoxy) is 1. The van der Waals surface area contributed by atoms with Crippen LogP contribution < -0.4 is 9.46 Å². The van der Waals surface area contributed by atoms with Gasteiger partial charge in [0.2, 0.25) is 15.9 Å². The van der Waals surface area contributed by atoms with Gasteiger partial charge in [-0.3, -0.25) is 4.79 Å². The lowest BCUT2D eigenvalue weighted by Crippen LogP contribution is -2.49. The van der Waals surface area contributed by atoms with Crippen molar-refractivity contribution >= 4 is 15.9 Å². The van der Waals surface area contributed by atoms with Crippen molar-refractivity contribution in [2.45, 2.75) is 38.1 Å². The van der Waals surface area contributed by atoms with Crippen molar-refractivity contribution < 1.29 is 31.1 Å². The molecule has 1 aromatic carbocycles. The summed E-state index contributed by atoms with van der Waals surface area (Å²) in [5.41, 5.74) is 0.144. The minimum Gasteiger partial charge on any atom is -0.406 e. The Balaban J connectivity index is 2.10. The third kappa shape index (κ3) is 5.34. The first-order valence-corrected chi connectivity index (χ1v) is 9.66. The van der Waals surface area contributed by atoms with E-state index in [1.165, 1.54) is 31.3 Å². The van der Waals surface area contributed by atoms with Gasteiger partial charge in [-0.1, -0.05) is 12.1 Å². The van der Waals surface area contributed by atoms with Crippen molar-refractivity contribution in [3.63, 3.8) is 0 Å². The Morgan fingerprint density at radius 2 is 1.92 bits per heavy atom. The highest BCUT2D eigenvalue weighted by Crippen LogP contribution is 2.33. The first kappa shape index (κ1) is 20.5. The molecule has 1 amide bonds. The van der Waals surface area contributed by atoms with E-state index in [0.717, 1.165) is 12.0 Å². The van der Waals surface area contributed by atoms with Crippen LogP contribution in [0, 0.1) is 0 Å². The smallest absolute Gasteiger partial charge is 0.406 e. The van der Waals surface area contributed by atoms with Crippen LogP contribution in [-0.2, 0) is 21.2 Å². The van der Waals surface area contributed by atoms with Gasteiger partial charge in [0.1, 0.15) is 11.5 Å². The van der Waals surface area contributed by atoms with Crippen LogP contribution in [0.25, 0.3) is 0 Å². The van der Waals surface area contributed by atoms with Gasteiger partial charge in [-0.2, -0.15) is 0 Å². The quantitative estimate of drug-likeness (QED) is 0.801. The molecule has 0 aromatic heterocycles. The van der Waals surface area contributed by atoms with E-state index in [1.807, 2.05) is 6.92 Å². The summed E-state index contributed by atoms with van der Waals surface area (Å²) in [6.45, 7) is 2.30. The third-order valence-corrected chi connectivity index (χ3v) is 5.67. The average Bonchev–Trinajstić information content (AvgIpc) is 2.89. The standard InChI is InChI=1S/C16H21F3N2O4S/c1-15(8-3-9-21(15)14(22)11-26(23,24)20-2)10-12-4-6-13(7-5-12)25-16(17,18)19/h4-7,20H,3,8-11H2,1-2H3. The molecule has 1 saturated heterocycles. The number of amides is 1. The van der Waals surface area contributed by atoms with Crippen molar-refractivity contribution in [1.82, 2.24) is 9.62 Å². The zero-order valence-corrected chi connectivity index (χ0v) is 15.3. The summed E-state index contributed by atoms with van der Waals surface area (Å²) < 4.78 is 65.8. The molecule has 1 heterocycles. The van der Waals surface area contributed by atoms with Gasteiger partial charge in [0.15, 0.2) is 0 Å². The molecule has 1 aliphatic heterocycles. The first-order chi connectivity index (χ1) is 11.9. The number of nitrogens with zero attached hydrogens (tertiary/aromatic N) is 1. The van der Waals surface area contributed by atoms with Crippen LogP contribution in [0.5, 0.6) is 5.75 Å². The number of nitrogens with one attached hydrogen (secondary N) is 1. The van der Waals surface area contributed by atoms with Gasteiger partial charge in [-0.25, -0.2) is 13.1 Å². The highest BCUT2D eigenvalue weighted by atomic mass is 32.2. The maximum absolute atomic E-state index is 12.4. The molecule has 0 spiro atoms. The largest absolute Gasteiger partial charge is 0.573 e. The van der Waals surface area contributed by atoms with Crippen LogP contribution in [0.15, 0.2) is 24.3 Å². The number of likely N-dealkylation sites (tertiary alicyclic amines) is 1. The summed E-state index contributed by atoms with van der Waals surface area (Å²) in [6, 6.07) is 5.47. The molecule has 26 heavy (non-hydrogen) atoms. The number of carbonyl (C=O) groups excluding carboxylic acids is 1. The molecule has 0 aliphatic carbocycles. The maximum atomic E-state index is 12.4. The molecule has 0 saturated carbocycles. The van der Waals surface area contributed by atoms with Gasteiger partial charge in [-0.15, -0.1) is 13.2 Å². The SMILES string of the molecule is CNS(=O)(=O)CC(=O)N1CCCC1(C)Cc1ccc(OC(F)(F)F)cc1. The molecule has 6 nitrogen and oxygen atoms in total. The summed E-state index contributed by atoms with van der Waals surface area (Å²) in [5, 5.41) is 0. The van der Waals surface area contributed by atoms with E-state index in [4.69, 9.17) is 0 Å². The molecule has 1 unspecified atom stereocenters. The number of hydrogen-bond donors (Lipinski definition) is 1. The van der Waals surface area contributed by atoms with Crippen LogP contribution in [0.3, 0.4) is 0 Å². The van der Waals surface area contributed by atoms with Crippen molar-refractivity contribution in [2.75, 3.05) is 19.3 Å². The predicted octanol–water partition coefficient (Wildman–Crippen LogP) is 2.06. The molecule has 0 bridgehead atoms. The molecule has 0 radical (unpaired) electrons. The normalized spacial score (nSPS) is 21.0. The Labute approximate surface area is 150 Å². The van der Waals surface area contributed by atoms with Crippen LogP contribution in [0.1, 0.15) is 25.3 Å². The number of hydrogen-bond acceptors (Lipinski definition) is 4. The zero-order valence-electron chi connectivity index (χ0n) is 14.5. The van der Waals surface area contributed by atoms with Gasteiger partial charge >= 0.3 is 6.36 Å². The average molecular weight is 394 g/mol. The predicted molar refractivity (Wildman–Crippen MR) is 89.0 cm³/mol. The maximum Gasteiger partial charge on any atom is 0.573 e. The van der Waals surface area contributed by atoms with E-state index in [2.05, 4.69) is 9.46 Å². The minimum atomic E-state index is -4.75. The number of benzene rings is 1. The monoisotopic (exact) mass is 394 g/mol. The molecule has 1 fully saturated rings. The lowest BCUT2D eigenvalue weighted by Gasteiger charge is -2.35. The lowest BCUT2D eigenvalue weighted by atomic mass is 9.90. The Morgan fingerprint density at radius 3 is 2.46 bits per heavy atom. The van der Waals surface area contributed by atoms with Crippen molar-refractivity contribution in [3.05, 3.63) is 29.8 Å². The highest BCUT2D eigenvalue weighted by molar-refractivity contribution is 7.90. The Kier molecular flexibility index (Phi) is 5.86. The summed E-state index contributed by atoms with van der Waals surface area (Å²) in [4.78, 5) is 13.9. The highest BCUT2D eigenvalue weighted by Gasteiger charge is 2.40. The lowest BCUT2D eigenvalue weighted by molar-refractivity contribution is -0.274. The molecular weight excluding hydrogens is 373 g/mol. The van der Waals surface area contributed by atoms with Crippen LogP contribution >= 0.6 is 0 Å². The fourth-order valence-corrected chi connectivity index (χ4v) is 3.82. The Morgan fingerprint density at radius 1 is 1.31 bits per heavy atom. The zero-order chi connectivity index (χ0) is 19.6. The number of rotatable bonds is 6. The fraction of sp³-hybridized carbons (Fsp3) is 0.562. The van der Waals surface area contributed by atoms with E-state index < -0.39 is 33.6 Å². The van der Waals surface area contributed by atoms with Gasteiger partial charge < -0.3 is 9.64 Å². The molecule has 10 heteroatoms. The molecule has 2 rings (SSSR count). The van der Waals surface area contributed by atoms with E-state index in [9.17, 15) is 26.4 Å². The molecular formula is C16H21F3N2O4S. The fourth-order valence-electron chi connectivity index (χ4n) is 3.19. The second kappa shape index (κ2) is 7.43. The van der Waals surface area contributed by atoms with Crippen molar-refractivity contribution in [3.8, 4) is 5.75 Å². The Bertz CT molecular complexity index is 750. The molecule has 1 N–H and O–H groups in total. The summed E-state index contributed by atoms with van der Waals surface area (Å²) in [6.07, 6.45) is -2.93. The number of halogens is 3. The molecule has 146 valence electrons. The van der Waals surface area contributed by atoms with E-state index >= 15 is 0 Å². The van der Waals surface area contributed by atoms with Gasteiger partial charge in [0, 0.05) is 12.1 Å². The third-order valence-electron chi connectivity index (χ3n) is 4.42. The van der Waals surface area contributed by atoms with Gasteiger partial charge in [0.25, 0.3) is 0 Å². The molecule has 1 aromatic rings. The minimum absolute atomic E-state index is 0.314. The Hall–Kier alpha value is -1.81. The molecule has 1 atom stereocenters. The van der Waals surface area contributed by atoms with Gasteiger partial charge in [-0.05, 0) is 50.9 Å². The summed E-state index contributed by atoms with van der Waals surface area (Å²) in [5.74, 6) is -1.43. The molecule has 1 aliphatic rings. The first-order valence-electron chi connectivity index (χ1n) is 8.00. The second-order valence-corrected chi connectivity index (χ2v) is 8.40. The number of carbonyl (C=O) groups is 1. The topological polar surface area (TPSA) is 75.7 Å². The van der Waals surface area contributed by atoms with Crippen LogP contribution in [0.2, 0.25) is 0 Å².